The Kier molecular flexibility index (Phi) is 31.3. The number of esters is 1. The van der Waals surface area contributed by atoms with Crippen molar-refractivity contribution in [3.63, 3.8) is 0 Å². The highest BCUT2D eigenvalue weighted by Crippen LogP contribution is 1.89. The summed E-state index contributed by atoms with van der Waals surface area (Å²) in [5.74, 6) is -0.248. The van der Waals surface area contributed by atoms with Gasteiger partial charge in [0.25, 0.3) is 0 Å². The van der Waals surface area contributed by atoms with Crippen LogP contribution in [0.3, 0.4) is 0 Å². The highest BCUT2D eigenvalue weighted by Gasteiger charge is 2.00. The molecule has 0 unspecified atom stereocenters. The Bertz CT molecular complexity index is 428. The summed E-state index contributed by atoms with van der Waals surface area (Å²) >= 11 is 0. The lowest BCUT2D eigenvalue weighted by Crippen LogP contribution is -2.15. The van der Waals surface area contributed by atoms with Crippen LogP contribution in [-0.2, 0) is 56.9 Å². The molecule has 0 spiro atoms. The normalized spacial score (nSPS) is 11.3. The molecule has 0 aromatic heterocycles. The van der Waals surface area contributed by atoms with Gasteiger partial charge in [-0.1, -0.05) is 0 Å². The molecule has 0 atom stereocenters. The number of carbonyl (C=O) groups is 1. The molecular weight excluding hydrogens is 480 g/mol. The quantitative estimate of drug-likeness (QED) is 0.0932. The Morgan fingerprint density at radius 1 is 0.417 bits per heavy atom. The van der Waals surface area contributed by atoms with Crippen LogP contribution >= 0.6 is 0 Å². The number of carbonyl (C=O) groups excluding carboxylic acids is 1. The van der Waals surface area contributed by atoms with Crippen molar-refractivity contribution in [3.05, 3.63) is 0 Å². The predicted molar refractivity (Wildman–Crippen MR) is 130 cm³/mol. The van der Waals surface area contributed by atoms with Crippen LogP contribution in [0, 0.1) is 0 Å². The average molecular weight is 529 g/mol. The van der Waals surface area contributed by atoms with Crippen molar-refractivity contribution in [2.24, 2.45) is 0 Å². The lowest BCUT2D eigenvalue weighted by Gasteiger charge is -2.09. The van der Waals surface area contributed by atoms with Gasteiger partial charge in [-0.15, -0.1) is 0 Å². The lowest BCUT2D eigenvalue weighted by atomic mass is 10.5. The van der Waals surface area contributed by atoms with E-state index in [1.807, 2.05) is 0 Å². The maximum Gasteiger partial charge on any atom is 0.308 e. The predicted octanol–water partition coefficient (Wildman–Crippen LogP) is 0.735. The zero-order chi connectivity index (χ0) is 26.2. The first-order valence-electron chi connectivity index (χ1n) is 12.7. The van der Waals surface area contributed by atoms with Crippen molar-refractivity contribution >= 4 is 5.97 Å². The summed E-state index contributed by atoms with van der Waals surface area (Å²) in [5.41, 5.74) is 0. The van der Waals surface area contributed by atoms with Crippen LogP contribution in [0.5, 0.6) is 0 Å². The Balaban J connectivity index is 3.04. The van der Waals surface area contributed by atoms with E-state index in [0.29, 0.717) is 132 Å². The topological polar surface area (TPSA) is 119 Å². The van der Waals surface area contributed by atoms with E-state index in [-0.39, 0.29) is 12.4 Å². The third-order valence-corrected chi connectivity index (χ3v) is 4.16. The molecule has 0 fully saturated rings. The highest BCUT2D eigenvalue weighted by atomic mass is 16.6. The molecule has 0 rings (SSSR count). The molecule has 0 aliphatic carbocycles. The van der Waals surface area contributed by atoms with Gasteiger partial charge in [-0.05, 0) is 6.92 Å². The summed E-state index contributed by atoms with van der Waals surface area (Å²) in [5, 5.41) is 0. The summed E-state index contributed by atoms with van der Waals surface area (Å²) in [6.07, 6.45) is 0.260. The van der Waals surface area contributed by atoms with Gasteiger partial charge in [0, 0.05) is 7.11 Å². The first-order chi connectivity index (χ1) is 17.8. The van der Waals surface area contributed by atoms with Gasteiger partial charge in [0.05, 0.1) is 139 Å². The van der Waals surface area contributed by atoms with E-state index in [1.165, 1.54) is 0 Å². The zero-order valence-corrected chi connectivity index (χ0v) is 22.2. The molecule has 0 aliphatic rings. The summed E-state index contributed by atoms with van der Waals surface area (Å²) in [6, 6.07) is 0. The minimum absolute atomic E-state index is 0.248. The van der Waals surface area contributed by atoms with Crippen LogP contribution in [0.25, 0.3) is 0 Å². The van der Waals surface area contributed by atoms with Crippen molar-refractivity contribution in [2.45, 2.75) is 13.3 Å². The van der Waals surface area contributed by atoms with E-state index in [1.54, 1.807) is 14.0 Å². The van der Waals surface area contributed by atoms with Crippen LogP contribution in [-0.4, -0.2) is 145 Å². The molecule has 0 N–H and O–H groups in total. The van der Waals surface area contributed by atoms with Crippen LogP contribution in [0.15, 0.2) is 0 Å². The van der Waals surface area contributed by atoms with Gasteiger partial charge in [0.1, 0.15) is 0 Å². The van der Waals surface area contributed by atoms with Crippen LogP contribution in [0.2, 0.25) is 0 Å². The van der Waals surface area contributed by atoms with E-state index in [0.717, 1.165) is 0 Å². The first-order valence-corrected chi connectivity index (χ1v) is 12.7. The van der Waals surface area contributed by atoms with Crippen LogP contribution < -0.4 is 0 Å². The smallest absolute Gasteiger partial charge is 0.308 e. The van der Waals surface area contributed by atoms with E-state index in [9.17, 15) is 4.79 Å². The third kappa shape index (κ3) is 31.1. The largest absolute Gasteiger partial charge is 0.466 e. The fourth-order valence-electron chi connectivity index (χ4n) is 2.39. The Labute approximate surface area is 216 Å². The summed E-state index contributed by atoms with van der Waals surface area (Å²) in [7, 11) is 1.64. The standard InChI is InChI=1S/C24H48O12/c1-3-36-24(25)4-5-27-8-9-29-12-13-31-16-17-33-20-21-35-23-22-34-19-18-32-15-14-30-11-10-28-7-6-26-2/h3-23H2,1-2H3. The van der Waals surface area contributed by atoms with Crippen molar-refractivity contribution in [3.8, 4) is 0 Å². The summed E-state index contributed by atoms with van der Waals surface area (Å²) < 4.78 is 58.1. The molecule has 0 saturated heterocycles. The molecule has 0 aliphatic heterocycles. The molecule has 0 amide bonds. The molecule has 12 nitrogen and oxygen atoms in total. The molecule has 0 aromatic carbocycles. The van der Waals surface area contributed by atoms with Crippen molar-refractivity contribution in [1.82, 2.24) is 0 Å². The molecule has 36 heavy (non-hydrogen) atoms. The molecule has 0 heterocycles. The number of hydrogen-bond acceptors (Lipinski definition) is 12. The molecule has 0 saturated carbocycles. The number of rotatable bonds is 31. The number of ether oxygens (including phenoxy) is 11. The fourth-order valence-corrected chi connectivity index (χ4v) is 2.39. The minimum Gasteiger partial charge on any atom is -0.466 e. The number of methoxy groups -OCH3 is 1. The van der Waals surface area contributed by atoms with E-state index in [2.05, 4.69) is 0 Å². The highest BCUT2D eigenvalue weighted by molar-refractivity contribution is 5.69. The summed E-state index contributed by atoms with van der Waals surface area (Å²) in [6.45, 7) is 11.8. The Morgan fingerprint density at radius 2 is 0.667 bits per heavy atom. The molecule has 12 heteroatoms. The summed E-state index contributed by atoms with van der Waals surface area (Å²) in [4.78, 5) is 11.1. The van der Waals surface area contributed by atoms with Gasteiger partial charge in [0.15, 0.2) is 0 Å². The van der Waals surface area contributed by atoms with Gasteiger partial charge in [-0.25, -0.2) is 0 Å². The molecule has 0 bridgehead atoms. The van der Waals surface area contributed by atoms with Gasteiger partial charge < -0.3 is 52.1 Å². The maximum absolute atomic E-state index is 11.1. The molecule has 0 radical (unpaired) electrons. The minimum atomic E-state index is -0.248. The first kappa shape index (κ1) is 35.1. The van der Waals surface area contributed by atoms with Crippen LogP contribution in [0.4, 0.5) is 0 Å². The average Bonchev–Trinajstić information content (AvgIpc) is 2.88. The van der Waals surface area contributed by atoms with Crippen molar-refractivity contribution in [1.29, 1.82) is 0 Å². The zero-order valence-electron chi connectivity index (χ0n) is 22.2. The lowest BCUT2D eigenvalue weighted by molar-refractivity contribution is -0.144. The number of hydrogen-bond donors (Lipinski definition) is 0. The second-order valence-corrected chi connectivity index (χ2v) is 7.06. The van der Waals surface area contributed by atoms with Gasteiger partial charge in [-0.3, -0.25) is 4.79 Å². The molecular formula is C24H48O12. The SMILES string of the molecule is CCOC(=O)CCOCCOCCOCCOCCOCCOCCOCCOCCOCCOC. The van der Waals surface area contributed by atoms with E-state index in [4.69, 9.17) is 52.1 Å². The molecule has 0 aromatic rings. The fraction of sp³-hybridized carbons (Fsp3) is 0.958. The Hall–Kier alpha value is -0.930. The van der Waals surface area contributed by atoms with Gasteiger partial charge >= 0.3 is 5.97 Å². The van der Waals surface area contributed by atoms with Crippen molar-refractivity contribution in [2.75, 3.05) is 139 Å². The second kappa shape index (κ2) is 32.1. The Morgan fingerprint density at radius 3 is 0.917 bits per heavy atom. The molecule has 216 valence electrons. The van der Waals surface area contributed by atoms with Crippen molar-refractivity contribution < 1.29 is 56.9 Å². The second-order valence-electron chi connectivity index (χ2n) is 7.06. The third-order valence-electron chi connectivity index (χ3n) is 4.16. The van der Waals surface area contributed by atoms with Crippen LogP contribution in [0.1, 0.15) is 13.3 Å². The van der Waals surface area contributed by atoms with E-state index >= 15 is 0 Å². The maximum atomic E-state index is 11.1. The van der Waals surface area contributed by atoms with Gasteiger partial charge in [-0.2, -0.15) is 0 Å². The van der Waals surface area contributed by atoms with E-state index < -0.39 is 0 Å². The van der Waals surface area contributed by atoms with Gasteiger partial charge in [0.2, 0.25) is 0 Å². The monoisotopic (exact) mass is 528 g/mol.